The van der Waals surface area contributed by atoms with Gasteiger partial charge in [-0.25, -0.2) is 4.79 Å². The van der Waals surface area contributed by atoms with Gasteiger partial charge in [-0.2, -0.15) is 0 Å². The fourth-order valence-corrected chi connectivity index (χ4v) is 8.34. The summed E-state index contributed by atoms with van der Waals surface area (Å²) in [6, 6.07) is 20.6. The topological polar surface area (TPSA) is 56.8 Å². The number of benzene rings is 2. The normalized spacial score (nSPS) is 36.3. The van der Waals surface area contributed by atoms with Gasteiger partial charge in [-0.3, -0.25) is 0 Å². The van der Waals surface area contributed by atoms with E-state index in [1.165, 1.54) is 11.1 Å². The van der Waals surface area contributed by atoms with E-state index in [2.05, 4.69) is 69.1 Å². The average molecular weight is 542 g/mol. The van der Waals surface area contributed by atoms with Crippen LogP contribution in [0.5, 0.6) is 0 Å². The van der Waals surface area contributed by atoms with Crippen LogP contribution in [0.2, 0.25) is 0 Å². The largest absolute Gasteiger partial charge is 0.458 e. The number of esters is 1. The molecule has 0 radical (unpaired) electrons. The Kier molecular flexibility index (Phi) is 7.27. The van der Waals surface area contributed by atoms with Crippen LogP contribution >= 0.6 is 0 Å². The number of fused-ring (bicyclic) bond motifs is 3. The SMILES string of the molecule is C=C1CCC2[C@]3(C)COC(C)(c4ccccc4)O[C@@H]3CC[C@]2(C)[C@H]1CC(NCc1ccccc1)C1=CCOC1=O. The molecule has 2 aliphatic heterocycles. The first kappa shape index (κ1) is 27.4. The van der Waals surface area contributed by atoms with E-state index < -0.39 is 5.79 Å². The summed E-state index contributed by atoms with van der Waals surface area (Å²) in [6.07, 6.45) is 7.09. The molecule has 6 rings (SSSR count). The number of carbonyl (C=O) groups is 1. The van der Waals surface area contributed by atoms with E-state index in [4.69, 9.17) is 14.2 Å². The molecule has 3 fully saturated rings. The van der Waals surface area contributed by atoms with Crippen molar-refractivity contribution in [2.45, 2.75) is 77.4 Å². The minimum absolute atomic E-state index is 0.0452. The Morgan fingerprint density at radius 2 is 1.73 bits per heavy atom. The van der Waals surface area contributed by atoms with Gasteiger partial charge in [0.1, 0.15) is 6.61 Å². The van der Waals surface area contributed by atoms with Crippen molar-refractivity contribution in [2.75, 3.05) is 13.2 Å². The van der Waals surface area contributed by atoms with Gasteiger partial charge >= 0.3 is 5.97 Å². The minimum Gasteiger partial charge on any atom is -0.458 e. The van der Waals surface area contributed by atoms with Crippen molar-refractivity contribution < 1.29 is 19.0 Å². The number of nitrogens with one attached hydrogen (secondary N) is 1. The highest BCUT2D eigenvalue weighted by Gasteiger charge is 2.62. The molecule has 5 heteroatoms. The van der Waals surface area contributed by atoms with Gasteiger partial charge in [-0.05, 0) is 67.9 Å². The molecule has 0 aromatic heterocycles. The Morgan fingerprint density at radius 3 is 2.42 bits per heavy atom. The van der Waals surface area contributed by atoms with Gasteiger partial charge in [0.25, 0.3) is 0 Å². The standard InChI is InChI=1S/C35H43NO4/c1-24-15-16-30-33(2,19-17-31-34(30,3)23-39-35(4,40-31)26-13-9-6-10-14-26)28(24)21-29(27-18-20-38-32(27)37)36-22-25-11-7-5-8-12-25/h5-14,18,28-31,36H,1,15-17,19-23H2,2-4H3/t28-,29?,30?,31+,33+,34-,35?/m0/s1. The van der Waals surface area contributed by atoms with Gasteiger partial charge in [0.2, 0.25) is 0 Å². The molecule has 40 heavy (non-hydrogen) atoms. The molecular formula is C35H43NO4. The van der Waals surface area contributed by atoms with Crippen molar-refractivity contribution in [3.8, 4) is 0 Å². The Hall–Kier alpha value is -2.73. The van der Waals surface area contributed by atoms with Gasteiger partial charge in [-0.15, -0.1) is 0 Å². The van der Waals surface area contributed by atoms with Crippen molar-refractivity contribution in [2.24, 2.45) is 22.7 Å². The number of carbonyl (C=O) groups excluding carboxylic acids is 1. The van der Waals surface area contributed by atoms with Crippen LogP contribution in [0.25, 0.3) is 0 Å². The molecule has 5 nitrogen and oxygen atoms in total. The zero-order valence-corrected chi connectivity index (χ0v) is 24.2. The van der Waals surface area contributed by atoms with Crippen molar-refractivity contribution in [3.05, 3.63) is 95.6 Å². The van der Waals surface area contributed by atoms with Crippen LogP contribution in [-0.4, -0.2) is 31.3 Å². The molecular weight excluding hydrogens is 498 g/mol. The van der Waals surface area contributed by atoms with Crippen molar-refractivity contribution >= 4 is 5.97 Å². The quantitative estimate of drug-likeness (QED) is 0.312. The molecule has 0 spiro atoms. The molecule has 0 amide bonds. The summed E-state index contributed by atoms with van der Waals surface area (Å²) in [5, 5.41) is 3.72. The van der Waals surface area contributed by atoms with Crippen LogP contribution < -0.4 is 5.32 Å². The van der Waals surface area contributed by atoms with Crippen molar-refractivity contribution in [1.82, 2.24) is 5.32 Å². The number of hydrogen-bond acceptors (Lipinski definition) is 5. The maximum absolute atomic E-state index is 12.7. The second-order valence-corrected chi connectivity index (χ2v) is 13.0. The summed E-state index contributed by atoms with van der Waals surface area (Å²) >= 11 is 0. The Bertz CT molecular complexity index is 1270. The summed E-state index contributed by atoms with van der Waals surface area (Å²) in [6.45, 7) is 13.3. The molecule has 7 atom stereocenters. The molecule has 1 saturated heterocycles. The molecule has 0 bridgehead atoms. The molecule has 1 N–H and O–H groups in total. The second kappa shape index (κ2) is 10.6. The lowest BCUT2D eigenvalue weighted by Crippen LogP contribution is -2.63. The fraction of sp³-hybridized carbons (Fsp3) is 0.514. The number of allylic oxidation sites excluding steroid dienone is 1. The van der Waals surface area contributed by atoms with E-state index >= 15 is 0 Å². The molecule has 4 aliphatic rings. The van der Waals surface area contributed by atoms with Crippen LogP contribution in [0.1, 0.15) is 64.0 Å². The number of ether oxygens (including phenoxy) is 3. The summed E-state index contributed by atoms with van der Waals surface area (Å²) in [5.41, 5.74) is 4.31. The number of cyclic esters (lactones) is 1. The van der Waals surface area contributed by atoms with E-state index in [1.54, 1.807) is 0 Å². The monoisotopic (exact) mass is 541 g/mol. The van der Waals surface area contributed by atoms with Crippen LogP contribution in [-0.2, 0) is 31.3 Å². The number of rotatable bonds is 7. The highest BCUT2D eigenvalue weighted by molar-refractivity contribution is 5.91. The molecule has 2 aromatic carbocycles. The van der Waals surface area contributed by atoms with Crippen molar-refractivity contribution in [3.63, 3.8) is 0 Å². The smallest absolute Gasteiger partial charge is 0.335 e. The third-order valence-electron chi connectivity index (χ3n) is 10.6. The first-order valence-electron chi connectivity index (χ1n) is 14.9. The summed E-state index contributed by atoms with van der Waals surface area (Å²) in [5.74, 6) is -0.194. The lowest BCUT2D eigenvalue weighted by molar-refractivity contribution is -0.359. The fourth-order valence-electron chi connectivity index (χ4n) is 8.34. The van der Waals surface area contributed by atoms with Crippen molar-refractivity contribution in [1.29, 1.82) is 0 Å². The summed E-state index contributed by atoms with van der Waals surface area (Å²) in [4.78, 5) is 12.7. The molecule has 2 aliphatic carbocycles. The van der Waals surface area contributed by atoms with E-state index in [1.807, 2.05) is 30.3 Å². The first-order chi connectivity index (χ1) is 19.2. The van der Waals surface area contributed by atoms with Crippen LogP contribution in [0.15, 0.2) is 84.5 Å². The van der Waals surface area contributed by atoms with Gasteiger partial charge in [0.15, 0.2) is 5.79 Å². The van der Waals surface area contributed by atoms with Gasteiger partial charge in [0.05, 0.1) is 18.3 Å². The van der Waals surface area contributed by atoms with E-state index in [-0.39, 0.29) is 34.9 Å². The first-order valence-corrected chi connectivity index (χ1v) is 14.9. The number of hydrogen-bond donors (Lipinski definition) is 1. The maximum atomic E-state index is 12.7. The molecule has 212 valence electrons. The van der Waals surface area contributed by atoms with E-state index in [0.29, 0.717) is 25.7 Å². The zero-order valence-electron chi connectivity index (χ0n) is 24.2. The third kappa shape index (κ3) is 4.76. The second-order valence-electron chi connectivity index (χ2n) is 13.0. The Balaban J connectivity index is 1.25. The lowest BCUT2D eigenvalue weighted by atomic mass is 9.45. The summed E-state index contributed by atoms with van der Waals surface area (Å²) < 4.78 is 18.8. The minimum atomic E-state index is -0.724. The van der Waals surface area contributed by atoms with Gasteiger partial charge < -0.3 is 19.5 Å². The Labute approximate surface area is 239 Å². The van der Waals surface area contributed by atoms with Gasteiger partial charge in [-0.1, -0.05) is 86.7 Å². The highest BCUT2D eigenvalue weighted by Crippen LogP contribution is 2.64. The molecule has 3 unspecified atom stereocenters. The van der Waals surface area contributed by atoms with Crippen LogP contribution in [0.3, 0.4) is 0 Å². The third-order valence-corrected chi connectivity index (χ3v) is 10.6. The van der Waals surface area contributed by atoms with Gasteiger partial charge in [0, 0.05) is 23.6 Å². The predicted molar refractivity (Wildman–Crippen MR) is 156 cm³/mol. The molecule has 2 aromatic rings. The lowest BCUT2D eigenvalue weighted by Gasteiger charge is -2.64. The van der Waals surface area contributed by atoms with E-state index in [9.17, 15) is 4.79 Å². The van der Waals surface area contributed by atoms with Crippen LogP contribution in [0, 0.1) is 22.7 Å². The maximum Gasteiger partial charge on any atom is 0.335 e. The van der Waals surface area contributed by atoms with E-state index in [0.717, 1.165) is 43.2 Å². The Morgan fingerprint density at radius 1 is 1.00 bits per heavy atom. The molecule has 2 heterocycles. The highest BCUT2D eigenvalue weighted by atomic mass is 16.7. The van der Waals surface area contributed by atoms with Crippen LogP contribution in [0.4, 0.5) is 0 Å². The molecule has 2 saturated carbocycles. The zero-order chi connectivity index (χ0) is 28.0. The average Bonchev–Trinajstić information content (AvgIpc) is 3.39. The summed E-state index contributed by atoms with van der Waals surface area (Å²) in [7, 11) is 0. The predicted octanol–water partition coefficient (Wildman–Crippen LogP) is 6.70.